The molecule has 1 aromatic rings. The molecule has 1 rings (SSSR count). The number of hydrogen-bond acceptors (Lipinski definition) is 4. The maximum atomic E-state index is 11.9. The van der Waals surface area contributed by atoms with Crippen molar-refractivity contribution in [3.05, 3.63) is 30.3 Å². The molecule has 0 aliphatic rings. The van der Waals surface area contributed by atoms with Gasteiger partial charge < -0.3 is 11.1 Å². The van der Waals surface area contributed by atoms with E-state index in [4.69, 9.17) is 5.73 Å². The van der Waals surface area contributed by atoms with Gasteiger partial charge in [-0.05, 0) is 25.0 Å². The van der Waals surface area contributed by atoms with E-state index in [1.807, 2.05) is 39.8 Å². The van der Waals surface area contributed by atoms with Crippen LogP contribution in [0.5, 0.6) is 0 Å². The summed E-state index contributed by atoms with van der Waals surface area (Å²) in [7, 11) is 1.95. The Morgan fingerprint density at radius 3 is 2.57 bits per heavy atom. The van der Waals surface area contributed by atoms with Gasteiger partial charge in [0.1, 0.15) is 0 Å². The van der Waals surface area contributed by atoms with E-state index in [0.717, 1.165) is 24.9 Å². The number of nitrogens with one attached hydrogen (secondary N) is 2. The molecule has 6 nitrogen and oxygen atoms in total. The molecular formula is C14H22N3O3P. The van der Waals surface area contributed by atoms with Crippen molar-refractivity contribution in [2.75, 3.05) is 5.32 Å². The highest BCUT2D eigenvalue weighted by molar-refractivity contribution is 7.09. The second kappa shape index (κ2) is 10.3. The molecule has 4 N–H and O–H groups in total. The van der Waals surface area contributed by atoms with E-state index in [-0.39, 0.29) is 11.8 Å². The molecule has 0 aromatic heterocycles. The fourth-order valence-corrected chi connectivity index (χ4v) is 1.96. The van der Waals surface area contributed by atoms with Gasteiger partial charge in [-0.1, -0.05) is 31.0 Å². The fraction of sp³-hybridized carbons (Fsp3) is 0.429. The number of unbranched alkanes of at least 4 members (excludes halogenated alkanes) is 2. The van der Waals surface area contributed by atoms with Gasteiger partial charge in [-0.3, -0.25) is 14.2 Å². The van der Waals surface area contributed by atoms with Gasteiger partial charge in [0.25, 0.3) is 0 Å². The molecule has 0 saturated carbocycles. The van der Waals surface area contributed by atoms with Crippen LogP contribution in [0.4, 0.5) is 5.69 Å². The third-order valence-electron chi connectivity index (χ3n) is 2.97. The zero-order valence-electron chi connectivity index (χ0n) is 11.9. The Labute approximate surface area is 127 Å². The molecule has 1 aromatic carbocycles. The van der Waals surface area contributed by atoms with Gasteiger partial charge in [0, 0.05) is 21.6 Å². The second-order valence-electron chi connectivity index (χ2n) is 4.70. The molecule has 0 spiro atoms. The lowest BCUT2D eigenvalue weighted by atomic mass is 10.1. The predicted molar refractivity (Wildman–Crippen MR) is 85.1 cm³/mol. The largest absolute Gasteiger partial charge is 0.325 e. The first-order valence-corrected chi connectivity index (χ1v) is 7.36. The molecule has 0 heterocycles. The van der Waals surface area contributed by atoms with Crippen molar-refractivity contribution in [1.82, 2.24) is 5.48 Å². The standard InChI is InChI=1S/C14H22N3O3P/c15-12(9-5-2-6-10-13(18)17-20-21)14(19)16-11-7-3-1-4-8-11/h1,3-4,7-8,12H,2,5-6,9-10,15,21H2,(H,16,19)(H,17,18). The average molecular weight is 311 g/mol. The first kappa shape index (κ1) is 17.6. The lowest BCUT2D eigenvalue weighted by Gasteiger charge is -2.12. The van der Waals surface area contributed by atoms with Crippen LogP contribution in [0, 0.1) is 0 Å². The summed E-state index contributed by atoms with van der Waals surface area (Å²) in [5, 5.41) is 2.77. The number of nitrogens with two attached hydrogens (primary N) is 1. The number of rotatable bonds is 9. The van der Waals surface area contributed by atoms with Gasteiger partial charge in [-0.2, -0.15) is 0 Å². The fourth-order valence-electron chi connectivity index (χ4n) is 1.83. The van der Waals surface area contributed by atoms with Crippen molar-refractivity contribution >= 4 is 27.0 Å². The van der Waals surface area contributed by atoms with Crippen LogP contribution in [0.3, 0.4) is 0 Å². The van der Waals surface area contributed by atoms with Crippen LogP contribution in [-0.4, -0.2) is 17.9 Å². The third kappa shape index (κ3) is 7.75. The van der Waals surface area contributed by atoms with Crippen molar-refractivity contribution in [1.29, 1.82) is 0 Å². The van der Waals surface area contributed by atoms with E-state index in [1.54, 1.807) is 0 Å². The normalized spacial score (nSPS) is 11.7. The molecule has 0 aliphatic heterocycles. The van der Waals surface area contributed by atoms with Crippen LogP contribution in [0.15, 0.2) is 30.3 Å². The summed E-state index contributed by atoms with van der Waals surface area (Å²) in [4.78, 5) is 23.0. The molecule has 2 atom stereocenters. The molecular weight excluding hydrogens is 289 g/mol. The van der Waals surface area contributed by atoms with E-state index in [2.05, 4.69) is 15.4 Å². The van der Waals surface area contributed by atoms with Gasteiger partial charge in [-0.25, -0.2) is 5.48 Å². The minimum absolute atomic E-state index is 0.156. The van der Waals surface area contributed by atoms with Crippen molar-refractivity contribution < 1.29 is 14.2 Å². The maximum absolute atomic E-state index is 11.9. The zero-order chi connectivity index (χ0) is 15.5. The lowest BCUT2D eigenvalue weighted by Crippen LogP contribution is -2.35. The highest BCUT2D eigenvalue weighted by Crippen LogP contribution is 2.09. The number of carbonyl (C=O) groups is 2. The summed E-state index contributed by atoms with van der Waals surface area (Å²) in [6.07, 6.45) is 3.39. The van der Waals surface area contributed by atoms with Crippen LogP contribution in [-0.2, 0) is 14.2 Å². The van der Waals surface area contributed by atoms with Crippen molar-refractivity contribution in [3.63, 3.8) is 0 Å². The lowest BCUT2D eigenvalue weighted by molar-refractivity contribution is -0.127. The summed E-state index contributed by atoms with van der Waals surface area (Å²) in [5.41, 5.74) is 8.81. The van der Waals surface area contributed by atoms with Crippen LogP contribution in [0.2, 0.25) is 0 Å². The number of benzene rings is 1. The molecule has 116 valence electrons. The van der Waals surface area contributed by atoms with Crippen molar-refractivity contribution in [2.45, 2.75) is 38.1 Å². The minimum atomic E-state index is -0.533. The topological polar surface area (TPSA) is 93.5 Å². The molecule has 0 aliphatic carbocycles. The highest BCUT2D eigenvalue weighted by atomic mass is 31.0. The Kier molecular flexibility index (Phi) is 8.59. The van der Waals surface area contributed by atoms with Gasteiger partial charge in [0.15, 0.2) is 0 Å². The smallest absolute Gasteiger partial charge is 0.243 e. The number of para-hydroxylation sites is 1. The van der Waals surface area contributed by atoms with Crippen LogP contribution in [0.1, 0.15) is 32.1 Å². The Balaban J connectivity index is 2.14. The van der Waals surface area contributed by atoms with E-state index < -0.39 is 6.04 Å². The van der Waals surface area contributed by atoms with E-state index in [9.17, 15) is 9.59 Å². The van der Waals surface area contributed by atoms with E-state index >= 15 is 0 Å². The van der Waals surface area contributed by atoms with Crippen molar-refractivity contribution in [2.24, 2.45) is 5.73 Å². The summed E-state index contributed by atoms with van der Waals surface area (Å²) >= 11 is 0. The molecule has 0 bridgehead atoms. The quantitative estimate of drug-likeness (QED) is 0.368. The Bertz CT molecular complexity index is 442. The first-order valence-electron chi connectivity index (χ1n) is 6.89. The van der Waals surface area contributed by atoms with E-state index in [0.29, 0.717) is 12.8 Å². The molecule has 0 radical (unpaired) electrons. The van der Waals surface area contributed by atoms with Crippen LogP contribution >= 0.6 is 9.47 Å². The molecule has 7 heteroatoms. The van der Waals surface area contributed by atoms with Crippen LogP contribution in [0.25, 0.3) is 0 Å². The third-order valence-corrected chi connectivity index (χ3v) is 3.09. The second-order valence-corrected chi connectivity index (χ2v) is 4.94. The minimum Gasteiger partial charge on any atom is -0.325 e. The number of amides is 2. The SMILES string of the molecule is NC(CCCCCC(=O)NOP)C(=O)Nc1ccccc1. The highest BCUT2D eigenvalue weighted by Gasteiger charge is 2.13. The van der Waals surface area contributed by atoms with Crippen molar-refractivity contribution in [3.8, 4) is 0 Å². The molecule has 2 amide bonds. The molecule has 2 unspecified atom stereocenters. The van der Waals surface area contributed by atoms with E-state index in [1.165, 1.54) is 0 Å². The van der Waals surface area contributed by atoms with Crippen LogP contribution < -0.4 is 16.5 Å². The summed E-state index contributed by atoms with van der Waals surface area (Å²) in [6, 6.07) is 8.69. The number of anilines is 1. The summed E-state index contributed by atoms with van der Waals surface area (Å²) in [6.45, 7) is 0. The molecule has 0 saturated heterocycles. The number of carbonyl (C=O) groups excluding carboxylic acids is 2. The molecule has 21 heavy (non-hydrogen) atoms. The number of hydroxylamine groups is 1. The maximum Gasteiger partial charge on any atom is 0.243 e. The first-order chi connectivity index (χ1) is 10.1. The average Bonchev–Trinajstić information content (AvgIpc) is 2.48. The predicted octanol–water partition coefficient (Wildman–Crippen LogP) is 1.74. The monoisotopic (exact) mass is 311 g/mol. The van der Waals surface area contributed by atoms with Gasteiger partial charge in [0.05, 0.1) is 6.04 Å². The van der Waals surface area contributed by atoms with Gasteiger partial charge in [-0.15, -0.1) is 0 Å². The Morgan fingerprint density at radius 1 is 1.19 bits per heavy atom. The Morgan fingerprint density at radius 2 is 1.90 bits per heavy atom. The zero-order valence-corrected chi connectivity index (χ0v) is 13.0. The Hall–Kier alpha value is -1.49. The summed E-state index contributed by atoms with van der Waals surface area (Å²) < 4.78 is 4.43. The van der Waals surface area contributed by atoms with Gasteiger partial charge >= 0.3 is 0 Å². The number of hydrogen-bond donors (Lipinski definition) is 3. The summed E-state index contributed by atoms with van der Waals surface area (Å²) in [5.74, 6) is -0.341. The van der Waals surface area contributed by atoms with Gasteiger partial charge in [0.2, 0.25) is 11.8 Å². The molecule has 0 fully saturated rings.